The highest BCUT2D eigenvalue weighted by molar-refractivity contribution is 7.17. The second-order valence-electron chi connectivity index (χ2n) is 5.43. The summed E-state index contributed by atoms with van der Waals surface area (Å²) >= 11 is 1.59. The van der Waals surface area contributed by atoms with Crippen LogP contribution in [0.5, 0.6) is 0 Å². The second-order valence-corrected chi connectivity index (χ2v) is 6.34. The first-order chi connectivity index (χ1) is 11.2. The number of carbonyl (C=O) groups excluding carboxylic acids is 1. The molecule has 0 radical (unpaired) electrons. The molecule has 118 valence electrons. The van der Waals surface area contributed by atoms with E-state index in [2.05, 4.69) is 10.1 Å². The molecule has 4 rings (SSSR count). The number of aromatic nitrogens is 2. The van der Waals surface area contributed by atoms with Crippen LogP contribution in [0.3, 0.4) is 0 Å². The van der Waals surface area contributed by atoms with Crippen molar-refractivity contribution < 1.29 is 14.1 Å². The van der Waals surface area contributed by atoms with Crippen molar-refractivity contribution in [2.75, 3.05) is 19.7 Å². The monoisotopic (exact) mass is 329 g/mol. The summed E-state index contributed by atoms with van der Waals surface area (Å²) in [7, 11) is 0. The molecular weight excluding hydrogens is 314 g/mol. The van der Waals surface area contributed by atoms with E-state index in [1.807, 2.05) is 29.6 Å². The number of fused-ring (bicyclic) bond motifs is 1. The van der Waals surface area contributed by atoms with Crippen LogP contribution in [0.1, 0.15) is 28.2 Å². The van der Waals surface area contributed by atoms with Gasteiger partial charge in [-0.1, -0.05) is 23.4 Å². The highest BCUT2D eigenvalue weighted by Gasteiger charge is 2.29. The van der Waals surface area contributed by atoms with Crippen LogP contribution in [0.15, 0.2) is 34.2 Å². The van der Waals surface area contributed by atoms with E-state index in [1.165, 1.54) is 0 Å². The Balaban J connectivity index is 1.58. The van der Waals surface area contributed by atoms with Crippen molar-refractivity contribution in [1.82, 2.24) is 15.0 Å². The van der Waals surface area contributed by atoms with Gasteiger partial charge < -0.3 is 14.2 Å². The predicted octanol–water partition coefficient (Wildman–Crippen LogP) is 2.81. The normalized spacial score (nSPS) is 18.5. The van der Waals surface area contributed by atoms with Gasteiger partial charge >= 0.3 is 0 Å². The van der Waals surface area contributed by atoms with E-state index in [1.54, 1.807) is 23.2 Å². The molecule has 1 aromatic carbocycles. The minimum atomic E-state index is -0.338. The largest absolute Gasteiger partial charge is 0.366 e. The average Bonchev–Trinajstić information content (AvgIpc) is 3.20. The molecule has 1 atom stereocenters. The fourth-order valence-electron chi connectivity index (χ4n) is 2.75. The maximum Gasteiger partial charge on any atom is 0.255 e. The molecule has 1 fully saturated rings. The van der Waals surface area contributed by atoms with Gasteiger partial charge in [0.05, 0.1) is 18.7 Å². The van der Waals surface area contributed by atoms with Crippen LogP contribution in [-0.2, 0) is 4.74 Å². The quantitative estimate of drug-likeness (QED) is 0.723. The Morgan fingerprint density at radius 2 is 2.26 bits per heavy atom. The molecule has 1 saturated heterocycles. The number of nitrogens with zero attached hydrogens (tertiary/aromatic N) is 3. The van der Waals surface area contributed by atoms with E-state index >= 15 is 0 Å². The number of thiophene rings is 1. The topological polar surface area (TPSA) is 68.5 Å². The van der Waals surface area contributed by atoms with Crippen molar-refractivity contribution in [3.8, 4) is 0 Å². The van der Waals surface area contributed by atoms with Crippen LogP contribution in [0.2, 0.25) is 0 Å². The van der Waals surface area contributed by atoms with Gasteiger partial charge in [-0.15, -0.1) is 11.3 Å². The summed E-state index contributed by atoms with van der Waals surface area (Å²) in [6.07, 6.45) is -0.338. The smallest absolute Gasteiger partial charge is 0.255 e. The van der Waals surface area contributed by atoms with Crippen molar-refractivity contribution >= 4 is 27.3 Å². The molecular formula is C16H15N3O3S. The van der Waals surface area contributed by atoms with Gasteiger partial charge in [-0.05, 0) is 6.07 Å². The molecule has 0 aliphatic carbocycles. The lowest BCUT2D eigenvalue weighted by Crippen LogP contribution is -2.42. The van der Waals surface area contributed by atoms with Crippen LogP contribution in [0, 0.1) is 6.92 Å². The molecule has 0 spiro atoms. The lowest BCUT2D eigenvalue weighted by atomic mass is 10.1. The number of rotatable bonds is 2. The molecule has 6 nitrogen and oxygen atoms in total. The van der Waals surface area contributed by atoms with Gasteiger partial charge in [-0.25, -0.2) is 0 Å². The molecule has 23 heavy (non-hydrogen) atoms. The van der Waals surface area contributed by atoms with Gasteiger partial charge in [-0.2, -0.15) is 4.98 Å². The number of benzene rings is 1. The van der Waals surface area contributed by atoms with Crippen LogP contribution in [0.25, 0.3) is 10.1 Å². The standard InChI is InChI=1S/C16H15N3O3S/c1-10-17-15(18-22-10)13-8-19(6-7-21-13)16(20)12-9-23-14-5-3-2-4-11(12)14/h2-5,9,13H,6-8H2,1H3/t13-/m1/s1. The molecule has 3 aromatic rings. The van der Waals surface area contributed by atoms with Crippen LogP contribution >= 0.6 is 11.3 Å². The lowest BCUT2D eigenvalue weighted by molar-refractivity contribution is -0.0275. The molecule has 1 aliphatic rings. The number of aryl methyl sites for hydroxylation is 1. The van der Waals surface area contributed by atoms with E-state index < -0.39 is 0 Å². The maximum absolute atomic E-state index is 12.9. The summed E-state index contributed by atoms with van der Waals surface area (Å²) in [5.41, 5.74) is 0.746. The van der Waals surface area contributed by atoms with Crippen molar-refractivity contribution in [1.29, 1.82) is 0 Å². The third-order valence-electron chi connectivity index (χ3n) is 3.90. The Kier molecular flexibility index (Phi) is 3.59. The summed E-state index contributed by atoms with van der Waals surface area (Å²) in [5, 5.41) is 6.83. The molecule has 1 amide bonds. The van der Waals surface area contributed by atoms with Crippen molar-refractivity contribution in [2.45, 2.75) is 13.0 Å². The van der Waals surface area contributed by atoms with E-state index in [9.17, 15) is 4.79 Å². The third kappa shape index (κ3) is 2.62. The Bertz CT molecular complexity index is 857. The number of amides is 1. The van der Waals surface area contributed by atoms with Gasteiger partial charge in [0.1, 0.15) is 6.10 Å². The molecule has 3 heterocycles. The summed E-state index contributed by atoms with van der Waals surface area (Å²) < 4.78 is 11.8. The summed E-state index contributed by atoms with van der Waals surface area (Å²) in [5.74, 6) is 1.02. The molecule has 0 bridgehead atoms. The van der Waals surface area contributed by atoms with E-state index in [0.717, 1.165) is 15.6 Å². The van der Waals surface area contributed by atoms with Gasteiger partial charge in [-0.3, -0.25) is 4.79 Å². The summed E-state index contributed by atoms with van der Waals surface area (Å²) in [4.78, 5) is 18.9. The van der Waals surface area contributed by atoms with Crippen molar-refractivity contribution in [3.63, 3.8) is 0 Å². The highest BCUT2D eigenvalue weighted by Crippen LogP contribution is 2.28. The predicted molar refractivity (Wildman–Crippen MR) is 85.5 cm³/mol. The minimum Gasteiger partial charge on any atom is -0.366 e. The Labute approximate surface area is 136 Å². The van der Waals surface area contributed by atoms with Crippen molar-refractivity contribution in [2.24, 2.45) is 0 Å². The van der Waals surface area contributed by atoms with Crippen LogP contribution in [0.4, 0.5) is 0 Å². The van der Waals surface area contributed by atoms with Gasteiger partial charge in [0.15, 0.2) is 0 Å². The fourth-order valence-corrected chi connectivity index (χ4v) is 3.68. The maximum atomic E-state index is 12.9. The number of hydrogen-bond donors (Lipinski definition) is 0. The van der Waals surface area contributed by atoms with Gasteiger partial charge in [0.2, 0.25) is 11.7 Å². The second kappa shape index (κ2) is 5.75. The van der Waals surface area contributed by atoms with Crippen LogP contribution in [-0.4, -0.2) is 40.6 Å². The van der Waals surface area contributed by atoms with Gasteiger partial charge in [0, 0.05) is 28.9 Å². The zero-order valence-corrected chi connectivity index (χ0v) is 13.4. The molecule has 1 aliphatic heterocycles. The average molecular weight is 329 g/mol. The Morgan fingerprint density at radius 3 is 3.09 bits per heavy atom. The van der Waals surface area contributed by atoms with E-state index in [4.69, 9.17) is 9.26 Å². The highest BCUT2D eigenvalue weighted by atomic mass is 32.1. The first kappa shape index (κ1) is 14.3. The SMILES string of the molecule is Cc1nc([C@H]2CN(C(=O)c3csc4ccccc34)CCO2)no1. The fraction of sp³-hybridized carbons (Fsp3) is 0.312. The molecule has 0 saturated carbocycles. The summed E-state index contributed by atoms with van der Waals surface area (Å²) in [6, 6.07) is 7.95. The Morgan fingerprint density at radius 1 is 1.39 bits per heavy atom. The zero-order chi connectivity index (χ0) is 15.8. The molecule has 0 unspecified atom stereocenters. The lowest BCUT2D eigenvalue weighted by Gasteiger charge is -2.31. The third-order valence-corrected chi connectivity index (χ3v) is 4.86. The molecule has 2 aromatic heterocycles. The minimum absolute atomic E-state index is 0.0240. The van der Waals surface area contributed by atoms with Crippen molar-refractivity contribution in [3.05, 3.63) is 46.9 Å². The summed E-state index contributed by atoms with van der Waals surface area (Å²) in [6.45, 7) is 3.20. The number of ether oxygens (including phenoxy) is 1. The Hall–Kier alpha value is -2.25. The number of hydrogen-bond acceptors (Lipinski definition) is 6. The number of carbonyl (C=O) groups is 1. The molecule has 7 heteroatoms. The van der Waals surface area contributed by atoms with E-state index in [-0.39, 0.29) is 12.0 Å². The van der Waals surface area contributed by atoms with E-state index in [0.29, 0.717) is 31.4 Å². The van der Waals surface area contributed by atoms with Gasteiger partial charge in [0.25, 0.3) is 5.91 Å². The first-order valence-electron chi connectivity index (χ1n) is 7.39. The van der Waals surface area contributed by atoms with Crippen LogP contribution < -0.4 is 0 Å². The number of morpholine rings is 1. The zero-order valence-electron chi connectivity index (χ0n) is 12.6. The first-order valence-corrected chi connectivity index (χ1v) is 8.27. The molecule has 0 N–H and O–H groups in total.